The van der Waals surface area contributed by atoms with Crippen LogP contribution < -0.4 is 25.0 Å². The van der Waals surface area contributed by atoms with Crippen molar-refractivity contribution in [1.29, 1.82) is 0 Å². The number of nitrogens with one attached hydrogen (secondary N) is 2. The SMILES string of the molecule is COc1ccc(-c2cc(C(F)(F)F)cc(CNCC3CCN(c4nccc(/C=C5\SC(=O)NC5=O)n4)CC3)n2)c(OC)c1. The number of methoxy groups -OCH3 is 2. The molecule has 10 nitrogen and oxygen atoms in total. The molecule has 226 valence electrons. The van der Waals surface area contributed by atoms with Gasteiger partial charge in [-0.3, -0.25) is 19.9 Å². The number of alkyl halides is 3. The highest BCUT2D eigenvalue weighted by Gasteiger charge is 2.32. The summed E-state index contributed by atoms with van der Waals surface area (Å²) in [5, 5.41) is 5.09. The maximum atomic E-state index is 13.8. The molecule has 43 heavy (non-hydrogen) atoms. The Morgan fingerprint density at radius 1 is 1.09 bits per heavy atom. The van der Waals surface area contributed by atoms with E-state index in [1.807, 2.05) is 4.90 Å². The second kappa shape index (κ2) is 13.0. The number of carbonyl (C=O) groups excluding carboxylic acids is 2. The maximum absolute atomic E-state index is 13.8. The minimum atomic E-state index is -4.53. The topological polar surface area (TPSA) is 119 Å². The molecule has 2 N–H and O–H groups in total. The molecule has 0 atom stereocenters. The fourth-order valence-corrected chi connectivity index (χ4v) is 5.55. The van der Waals surface area contributed by atoms with Gasteiger partial charge in [-0.15, -0.1) is 0 Å². The van der Waals surface area contributed by atoms with Gasteiger partial charge in [0.2, 0.25) is 5.95 Å². The summed E-state index contributed by atoms with van der Waals surface area (Å²) in [6.45, 7) is 2.18. The lowest BCUT2D eigenvalue weighted by Gasteiger charge is -2.32. The van der Waals surface area contributed by atoms with Crippen LogP contribution in [0.1, 0.15) is 29.8 Å². The molecule has 2 amide bonds. The molecule has 5 rings (SSSR count). The maximum Gasteiger partial charge on any atom is 0.416 e. The minimum Gasteiger partial charge on any atom is -0.497 e. The first kappa shape index (κ1) is 30.3. The zero-order valence-electron chi connectivity index (χ0n) is 23.4. The molecule has 2 aromatic heterocycles. The number of benzene rings is 1. The van der Waals surface area contributed by atoms with E-state index in [1.54, 1.807) is 36.5 Å². The van der Waals surface area contributed by atoms with Gasteiger partial charge in [0.15, 0.2) is 0 Å². The summed E-state index contributed by atoms with van der Waals surface area (Å²) in [5.41, 5.74) is 0.619. The fourth-order valence-electron chi connectivity index (χ4n) is 4.88. The Morgan fingerprint density at radius 2 is 1.88 bits per heavy atom. The third-order valence-corrected chi connectivity index (χ3v) is 7.92. The largest absolute Gasteiger partial charge is 0.497 e. The zero-order valence-corrected chi connectivity index (χ0v) is 24.2. The first-order valence-corrected chi connectivity index (χ1v) is 14.3. The van der Waals surface area contributed by atoms with Crippen molar-refractivity contribution in [3.63, 3.8) is 0 Å². The number of amides is 2. The molecule has 0 spiro atoms. The Labute approximate surface area is 250 Å². The summed E-state index contributed by atoms with van der Waals surface area (Å²) in [6, 6.07) is 8.65. The fraction of sp³-hybridized carbons (Fsp3) is 0.345. The molecule has 2 saturated heterocycles. The van der Waals surface area contributed by atoms with Gasteiger partial charge in [-0.1, -0.05) is 0 Å². The summed E-state index contributed by atoms with van der Waals surface area (Å²) in [7, 11) is 2.94. The van der Waals surface area contributed by atoms with Crippen LogP contribution in [-0.2, 0) is 17.5 Å². The number of piperidine rings is 1. The van der Waals surface area contributed by atoms with Gasteiger partial charge >= 0.3 is 6.18 Å². The summed E-state index contributed by atoms with van der Waals surface area (Å²) in [6.07, 6.45) is 0.302. The van der Waals surface area contributed by atoms with Crippen LogP contribution in [0.25, 0.3) is 17.3 Å². The molecular formula is C29H29F3N6O4S. The number of aromatic nitrogens is 3. The van der Waals surface area contributed by atoms with Crippen LogP contribution in [0.4, 0.5) is 23.9 Å². The van der Waals surface area contributed by atoms with Gasteiger partial charge in [-0.05, 0) is 73.5 Å². The predicted octanol–water partition coefficient (Wildman–Crippen LogP) is 4.90. The van der Waals surface area contributed by atoms with Crippen LogP contribution in [0.2, 0.25) is 0 Å². The number of imide groups is 1. The number of halogens is 3. The third-order valence-electron chi connectivity index (χ3n) is 7.11. The standard InChI is InChI=1S/C29H29F3N6O4S/c1-41-21-3-4-22(24(14-21)42-2)23-12-18(29(30,31)32)11-20(35-23)16-33-15-17-6-9-38(10-7-17)27-34-8-5-19(36-27)13-25-26(39)37-28(40)43-25/h3-5,8,11-14,17,33H,6-7,9-10,15-16H2,1-2H3,(H,37,39,40)/b25-13-. The Kier molecular flexibility index (Phi) is 9.16. The first-order chi connectivity index (χ1) is 20.6. The van der Waals surface area contributed by atoms with Crippen molar-refractivity contribution < 1.29 is 32.2 Å². The quantitative estimate of drug-likeness (QED) is 0.322. The van der Waals surface area contributed by atoms with Gasteiger partial charge in [-0.25, -0.2) is 9.97 Å². The molecule has 1 aromatic carbocycles. The molecule has 2 aliphatic heterocycles. The van der Waals surface area contributed by atoms with Gasteiger partial charge < -0.3 is 19.7 Å². The number of rotatable bonds is 9. The van der Waals surface area contributed by atoms with Crippen LogP contribution in [0.5, 0.6) is 11.5 Å². The normalized spacial score (nSPS) is 17.0. The van der Waals surface area contributed by atoms with Crippen LogP contribution in [0.15, 0.2) is 47.5 Å². The molecular weight excluding hydrogens is 585 g/mol. The summed E-state index contributed by atoms with van der Waals surface area (Å²) in [4.78, 5) is 39.0. The molecule has 0 saturated carbocycles. The molecule has 2 aliphatic rings. The molecule has 0 radical (unpaired) electrons. The van der Waals surface area contributed by atoms with E-state index >= 15 is 0 Å². The number of anilines is 1. The summed E-state index contributed by atoms with van der Waals surface area (Å²) >= 11 is 0.831. The number of carbonyl (C=O) groups is 2. The van der Waals surface area contributed by atoms with E-state index in [0.29, 0.717) is 54.3 Å². The van der Waals surface area contributed by atoms with Crippen molar-refractivity contribution in [2.24, 2.45) is 5.92 Å². The van der Waals surface area contributed by atoms with E-state index in [-0.39, 0.29) is 22.8 Å². The van der Waals surface area contributed by atoms with Gasteiger partial charge in [0, 0.05) is 37.5 Å². The highest BCUT2D eigenvalue weighted by Crippen LogP contribution is 2.36. The highest BCUT2D eigenvalue weighted by molar-refractivity contribution is 8.18. The van der Waals surface area contributed by atoms with Gasteiger partial charge in [-0.2, -0.15) is 13.2 Å². The van der Waals surface area contributed by atoms with Crippen molar-refractivity contribution in [2.45, 2.75) is 25.6 Å². The molecule has 14 heteroatoms. The Bertz CT molecular complexity index is 1540. The van der Waals surface area contributed by atoms with Crippen LogP contribution in [-0.4, -0.2) is 60.0 Å². The van der Waals surface area contributed by atoms with Crippen LogP contribution >= 0.6 is 11.8 Å². The number of nitrogens with zero attached hydrogens (tertiary/aromatic N) is 4. The van der Waals surface area contributed by atoms with Crippen LogP contribution in [0.3, 0.4) is 0 Å². The molecule has 0 unspecified atom stereocenters. The van der Waals surface area contributed by atoms with Crippen LogP contribution in [0, 0.1) is 5.92 Å². The number of thioether (sulfide) groups is 1. The lowest BCUT2D eigenvalue weighted by atomic mass is 9.97. The van der Waals surface area contributed by atoms with Gasteiger partial charge in [0.05, 0.1) is 41.8 Å². The highest BCUT2D eigenvalue weighted by atomic mass is 32.2. The molecule has 4 heterocycles. The van der Waals surface area contributed by atoms with E-state index in [0.717, 1.165) is 36.7 Å². The average Bonchev–Trinajstić information content (AvgIpc) is 3.32. The molecule has 0 bridgehead atoms. The van der Waals surface area contributed by atoms with Crippen molar-refractivity contribution in [1.82, 2.24) is 25.6 Å². The van der Waals surface area contributed by atoms with E-state index < -0.39 is 22.9 Å². The van der Waals surface area contributed by atoms with E-state index in [2.05, 4.69) is 25.6 Å². The number of ether oxygens (including phenoxy) is 2. The minimum absolute atomic E-state index is 0.163. The summed E-state index contributed by atoms with van der Waals surface area (Å²) in [5.74, 6) is 1.27. The van der Waals surface area contributed by atoms with E-state index in [9.17, 15) is 22.8 Å². The Morgan fingerprint density at radius 3 is 2.56 bits per heavy atom. The van der Waals surface area contributed by atoms with Crippen molar-refractivity contribution in [3.8, 4) is 22.8 Å². The van der Waals surface area contributed by atoms with Gasteiger partial charge in [0.1, 0.15) is 11.5 Å². The lowest BCUT2D eigenvalue weighted by molar-refractivity contribution is -0.137. The lowest BCUT2D eigenvalue weighted by Crippen LogP contribution is -2.38. The van der Waals surface area contributed by atoms with E-state index in [1.165, 1.54) is 14.2 Å². The number of pyridine rings is 1. The smallest absolute Gasteiger partial charge is 0.416 e. The zero-order chi connectivity index (χ0) is 30.6. The van der Waals surface area contributed by atoms with Gasteiger partial charge in [0.25, 0.3) is 11.1 Å². The Balaban J connectivity index is 1.20. The van der Waals surface area contributed by atoms with Crippen molar-refractivity contribution in [3.05, 3.63) is 64.5 Å². The van der Waals surface area contributed by atoms with E-state index in [4.69, 9.17) is 9.47 Å². The molecule has 2 fully saturated rings. The molecule has 3 aromatic rings. The first-order valence-electron chi connectivity index (χ1n) is 13.5. The number of hydrogen-bond donors (Lipinski definition) is 2. The Hall–Kier alpha value is -4.17. The number of hydrogen-bond acceptors (Lipinski definition) is 10. The predicted molar refractivity (Wildman–Crippen MR) is 156 cm³/mol. The monoisotopic (exact) mass is 614 g/mol. The van der Waals surface area contributed by atoms with Crippen molar-refractivity contribution >= 4 is 34.9 Å². The second-order valence-electron chi connectivity index (χ2n) is 9.99. The second-order valence-corrected chi connectivity index (χ2v) is 11.0. The third kappa shape index (κ3) is 7.43. The molecule has 0 aliphatic carbocycles. The summed E-state index contributed by atoms with van der Waals surface area (Å²) < 4.78 is 51.9. The van der Waals surface area contributed by atoms with Crippen molar-refractivity contribution in [2.75, 3.05) is 38.8 Å². The average molecular weight is 615 g/mol.